The van der Waals surface area contributed by atoms with Crippen LogP contribution in [0.2, 0.25) is 0 Å². The zero-order valence-electron chi connectivity index (χ0n) is 15.5. The lowest BCUT2D eigenvalue weighted by Gasteiger charge is -2.08. The molecule has 0 atom stereocenters. The molecule has 2 amide bonds. The second-order valence-corrected chi connectivity index (χ2v) is 7.92. The van der Waals surface area contributed by atoms with Gasteiger partial charge >= 0.3 is 0 Å². The number of hydrogen-bond donors (Lipinski definition) is 2. The lowest BCUT2D eigenvalue weighted by Crippen LogP contribution is -2.12. The summed E-state index contributed by atoms with van der Waals surface area (Å²) in [5.74, 6) is 1.16. The highest BCUT2D eigenvalue weighted by Crippen LogP contribution is 2.33. The van der Waals surface area contributed by atoms with E-state index in [9.17, 15) is 9.59 Å². The van der Waals surface area contributed by atoms with E-state index in [0.29, 0.717) is 23.0 Å². The van der Waals surface area contributed by atoms with Crippen molar-refractivity contribution >= 4 is 34.5 Å². The molecule has 0 unspecified atom stereocenters. The van der Waals surface area contributed by atoms with E-state index >= 15 is 0 Å². The van der Waals surface area contributed by atoms with Gasteiger partial charge in [-0.2, -0.15) is 0 Å². The van der Waals surface area contributed by atoms with Crippen LogP contribution in [0, 0.1) is 0 Å². The summed E-state index contributed by atoms with van der Waals surface area (Å²) >= 11 is 1.17. The van der Waals surface area contributed by atoms with Gasteiger partial charge in [0.15, 0.2) is 0 Å². The third-order valence-corrected chi connectivity index (χ3v) is 6.12. The van der Waals surface area contributed by atoms with Crippen LogP contribution in [0.15, 0.2) is 48.5 Å². The fraction of sp³-hybridized carbons (Fsp3) is 0.182. The molecule has 6 nitrogen and oxygen atoms in total. The minimum absolute atomic E-state index is 0.233. The lowest BCUT2D eigenvalue weighted by atomic mass is 10.1. The maximum absolute atomic E-state index is 12.7. The van der Waals surface area contributed by atoms with Crippen LogP contribution in [0.5, 0.6) is 11.5 Å². The van der Waals surface area contributed by atoms with Gasteiger partial charge in [0.1, 0.15) is 11.5 Å². The zero-order chi connectivity index (χ0) is 19.8. The molecule has 1 aromatic heterocycles. The van der Waals surface area contributed by atoms with Gasteiger partial charge in [-0.05, 0) is 36.4 Å². The first-order chi connectivity index (χ1) is 14.2. The fourth-order valence-electron chi connectivity index (χ4n) is 3.63. The van der Waals surface area contributed by atoms with Crippen LogP contribution in [-0.2, 0) is 12.8 Å². The summed E-state index contributed by atoms with van der Waals surface area (Å²) in [6.07, 6.45) is 1.55. The molecule has 7 heteroatoms. The summed E-state index contributed by atoms with van der Waals surface area (Å²) in [7, 11) is 0. The Morgan fingerprint density at radius 3 is 1.69 bits per heavy atom. The first-order valence-electron chi connectivity index (χ1n) is 9.41. The van der Waals surface area contributed by atoms with Gasteiger partial charge in [-0.3, -0.25) is 9.59 Å². The predicted molar refractivity (Wildman–Crippen MR) is 112 cm³/mol. The topological polar surface area (TPSA) is 76.7 Å². The maximum atomic E-state index is 12.7. The van der Waals surface area contributed by atoms with Gasteiger partial charge in [0.05, 0.1) is 23.0 Å². The van der Waals surface area contributed by atoms with Gasteiger partial charge in [-0.15, -0.1) is 11.3 Å². The molecule has 3 aromatic rings. The SMILES string of the molecule is O=C(Nc1cccc2c1CCO2)c1ccc(C(=O)Nc2cccc3c2CCO3)s1. The van der Waals surface area contributed by atoms with E-state index in [1.54, 1.807) is 12.1 Å². The number of fused-ring (bicyclic) bond motifs is 2. The minimum Gasteiger partial charge on any atom is -0.493 e. The van der Waals surface area contributed by atoms with E-state index in [4.69, 9.17) is 9.47 Å². The third kappa shape index (κ3) is 3.34. The lowest BCUT2D eigenvalue weighted by molar-refractivity contribution is 0.102. The second-order valence-electron chi connectivity index (χ2n) is 6.83. The number of benzene rings is 2. The number of hydrogen-bond acceptors (Lipinski definition) is 5. The highest BCUT2D eigenvalue weighted by Gasteiger charge is 2.21. The summed E-state index contributed by atoms with van der Waals surface area (Å²) in [6.45, 7) is 1.25. The monoisotopic (exact) mass is 406 g/mol. The van der Waals surface area contributed by atoms with Crippen molar-refractivity contribution in [1.29, 1.82) is 0 Å². The molecule has 2 N–H and O–H groups in total. The Hall–Kier alpha value is -3.32. The Morgan fingerprint density at radius 1 is 0.724 bits per heavy atom. The van der Waals surface area contributed by atoms with Crippen molar-refractivity contribution in [3.05, 3.63) is 69.4 Å². The van der Waals surface area contributed by atoms with Crippen LogP contribution >= 0.6 is 11.3 Å². The summed E-state index contributed by atoms with van der Waals surface area (Å²) in [4.78, 5) is 26.3. The molecule has 2 aliphatic heterocycles. The smallest absolute Gasteiger partial charge is 0.265 e. The molecule has 29 heavy (non-hydrogen) atoms. The van der Waals surface area contributed by atoms with Crippen molar-refractivity contribution < 1.29 is 19.1 Å². The molecule has 2 aliphatic rings. The van der Waals surface area contributed by atoms with Crippen molar-refractivity contribution in [2.75, 3.05) is 23.8 Å². The highest BCUT2D eigenvalue weighted by molar-refractivity contribution is 7.16. The van der Waals surface area contributed by atoms with Gasteiger partial charge in [-0.25, -0.2) is 0 Å². The minimum atomic E-state index is -0.233. The molecule has 0 saturated heterocycles. The van der Waals surface area contributed by atoms with Crippen LogP contribution in [0.3, 0.4) is 0 Å². The molecular weight excluding hydrogens is 388 g/mol. The largest absolute Gasteiger partial charge is 0.493 e. The summed E-state index contributed by atoms with van der Waals surface area (Å²) < 4.78 is 11.1. The van der Waals surface area contributed by atoms with Crippen LogP contribution in [-0.4, -0.2) is 25.0 Å². The Bertz CT molecular complexity index is 1040. The van der Waals surface area contributed by atoms with Crippen LogP contribution in [0.25, 0.3) is 0 Å². The summed E-state index contributed by atoms with van der Waals surface area (Å²) in [6, 6.07) is 14.6. The summed E-state index contributed by atoms with van der Waals surface area (Å²) in [5, 5.41) is 5.88. The van der Waals surface area contributed by atoms with Gasteiger partial charge in [-0.1, -0.05) is 12.1 Å². The molecule has 0 bridgehead atoms. The van der Waals surface area contributed by atoms with Crippen molar-refractivity contribution in [3.63, 3.8) is 0 Å². The van der Waals surface area contributed by atoms with Gasteiger partial charge in [0, 0.05) is 35.3 Å². The van der Waals surface area contributed by atoms with Crippen LogP contribution in [0.1, 0.15) is 30.5 Å². The van der Waals surface area contributed by atoms with Crippen molar-refractivity contribution in [3.8, 4) is 11.5 Å². The van der Waals surface area contributed by atoms with Crippen LogP contribution in [0.4, 0.5) is 11.4 Å². The van der Waals surface area contributed by atoms with E-state index in [0.717, 1.165) is 46.8 Å². The Kier molecular flexibility index (Phi) is 4.44. The van der Waals surface area contributed by atoms with Gasteiger partial charge in [0.25, 0.3) is 11.8 Å². The molecule has 0 radical (unpaired) electrons. The average Bonchev–Trinajstić information content (AvgIpc) is 3.47. The van der Waals surface area contributed by atoms with E-state index in [1.165, 1.54) is 11.3 Å². The van der Waals surface area contributed by atoms with E-state index in [-0.39, 0.29) is 11.8 Å². The predicted octanol–water partition coefficient (Wildman–Crippen LogP) is 4.12. The molecule has 146 valence electrons. The number of amides is 2. The van der Waals surface area contributed by atoms with Gasteiger partial charge < -0.3 is 20.1 Å². The van der Waals surface area contributed by atoms with Crippen molar-refractivity contribution in [2.45, 2.75) is 12.8 Å². The second kappa shape index (κ2) is 7.25. The number of ether oxygens (including phenoxy) is 2. The normalized spacial score (nSPS) is 13.8. The fourth-order valence-corrected chi connectivity index (χ4v) is 4.42. The zero-order valence-corrected chi connectivity index (χ0v) is 16.3. The highest BCUT2D eigenvalue weighted by atomic mass is 32.1. The summed E-state index contributed by atoms with van der Waals surface area (Å²) in [5.41, 5.74) is 3.53. The average molecular weight is 406 g/mol. The van der Waals surface area contributed by atoms with Crippen molar-refractivity contribution in [1.82, 2.24) is 0 Å². The molecule has 0 aliphatic carbocycles. The van der Waals surface area contributed by atoms with Gasteiger partial charge in [0.2, 0.25) is 0 Å². The van der Waals surface area contributed by atoms with E-state index in [2.05, 4.69) is 10.6 Å². The number of anilines is 2. The quantitative estimate of drug-likeness (QED) is 0.683. The first kappa shape index (κ1) is 17.8. The molecule has 0 spiro atoms. The molecule has 0 saturated carbocycles. The van der Waals surface area contributed by atoms with Crippen LogP contribution < -0.4 is 20.1 Å². The molecule has 0 fully saturated rings. The molecule has 5 rings (SSSR count). The number of nitrogens with one attached hydrogen (secondary N) is 2. The number of carbonyl (C=O) groups is 2. The molecule has 3 heterocycles. The number of rotatable bonds is 4. The Balaban J connectivity index is 1.31. The first-order valence-corrected chi connectivity index (χ1v) is 10.2. The number of thiophene rings is 1. The number of carbonyl (C=O) groups excluding carboxylic acids is 2. The maximum Gasteiger partial charge on any atom is 0.265 e. The van der Waals surface area contributed by atoms with Crippen molar-refractivity contribution in [2.24, 2.45) is 0 Å². The third-order valence-electron chi connectivity index (χ3n) is 5.04. The van der Waals surface area contributed by atoms with E-state index in [1.807, 2.05) is 36.4 Å². The Labute approximate surface area is 171 Å². The molecular formula is C22H18N2O4S. The molecule has 2 aromatic carbocycles. The standard InChI is InChI=1S/C22H18N2O4S/c25-21(23-15-3-1-5-17-13(15)9-11-27-17)19-7-8-20(29-19)22(26)24-16-4-2-6-18-14(16)10-12-28-18/h1-8H,9-12H2,(H,23,25)(H,24,26). The van der Waals surface area contributed by atoms with E-state index < -0.39 is 0 Å². The Morgan fingerprint density at radius 2 is 1.21 bits per heavy atom.